The predicted octanol–water partition coefficient (Wildman–Crippen LogP) is 1.09. The summed E-state index contributed by atoms with van der Waals surface area (Å²) in [6.07, 6.45) is 1.23. The maximum atomic E-state index is 13.6. The van der Waals surface area contributed by atoms with Crippen molar-refractivity contribution in [3.8, 4) is 5.88 Å². The molecule has 0 saturated heterocycles. The van der Waals surface area contributed by atoms with Gasteiger partial charge in [-0.1, -0.05) is 0 Å². The first-order valence-electron chi connectivity index (χ1n) is 4.68. The average molecular weight is 214 g/mol. The minimum absolute atomic E-state index is 0.0255. The van der Waals surface area contributed by atoms with Crippen molar-refractivity contribution in [1.29, 1.82) is 0 Å². The molecule has 2 N–H and O–H groups in total. The Kier molecular flexibility index (Phi) is 4.45. The zero-order chi connectivity index (χ0) is 11.3. The smallest absolute Gasteiger partial charge is 0.251 e. The van der Waals surface area contributed by atoms with E-state index >= 15 is 0 Å². The molecule has 0 radical (unpaired) electrons. The molecule has 0 fully saturated rings. The highest BCUT2D eigenvalue weighted by atomic mass is 19.1. The van der Waals surface area contributed by atoms with E-state index in [9.17, 15) is 4.39 Å². The van der Waals surface area contributed by atoms with Crippen molar-refractivity contribution >= 4 is 0 Å². The van der Waals surface area contributed by atoms with Gasteiger partial charge in [-0.25, -0.2) is 9.37 Å². The van der Waals surface area contributed by atoms with Gasteiger partial charge in [-0.15, -0.1) is 0 Å². The lowest BCUT2D eigenvalue weighted by atomic mass is 10.2. The standard InChI is InChI=1S/C10H15FN2O2/c1-7(6-14-2)15-10-9(11)8(5-12)3-4-13-10/h3-4,7H,5-6,12H2,1-2H3. The average Bonchev–Trinajstić information content (AvgIpc) is 2.21. The summed E-state index contributed by atoms with van der Waals surface area (Å²) < 4.78 is 23.7. The van der Waals surface area contributed by atoms with E-state index in [1.54, 1.807) is 14.0 Å². The summed E-state index contributed by atoms with van der Waals surface area (Å²) in [4.78, 5) is 3.80. The molecule has 0 saturated carbocycles. The summed E-state index contributed by atoms with van der Waals surface area (Å²) in [5, 5.41) is 0. The molecule has 15 heavy (non-hydrogen) atoms. The lowest BCUT2D eigenvalue weighted by Gasteiger charge is -2.13. The molecule has 0 aliphatic rings. The second kappa shape index (κ2) is 5.63. The number of methoxy groups -OCH3 is 1. The second-order valence-corrected chi connectivity index (χ2v) is 3.18. The number of aromatic nitrogens is 1. The Morgan fingerprint density at radius 2 is 2.33 bits per heavy atom. The van der Waals surface area contributed by atoms with Crippen LogP contribution in [0.5, 0.6) is 5.88 Å². The van der Waals surface area contributed by atoms with Gasteiger partial charge in [0.05, 0.1) is 6.61 Å². The summed E-state index contributed by atoms with van der Waals surface area (Å²) >= 11 is 0. The van der Waals surface area contributed by atoms with Gasteiger partial charge in [0.15, 0.2) is 5.82 Å². The first-order valence-corrected chi connectivity index (χ1v) is 4.68. The molecular formula is C10H15FN2O2. The number of hydrogen-bond donors (Lipinski definition) is 1. The van der Waals surface area contributed by atoms with Crippen molar-refractivity contribution in [2.45, 2.75) is 19.6 Å². The fourth-order valence-corrected chi connectivity index (χ4v) is 1.16. The molecule has 0 amide bonds. The number of rotatable bonds is 5. The molecule has 5 heteroatoms. The quantitative estimate of drug-likeness (QED) is 0.797. The highest BCUT2D eigenvalue weighted by Crippen LogP contribution is 2.17. The molecule has 0 aromatic carbocycles. The molecule has 0 aliphatic heterocycles. The van der Waals surface area contributed by atoms with Gasteiger partial charge >= 0.3 is 0 Å². The Balaban J connectivity index is 2.76. The minimum atomic E-state index is -0.497. The van der Waals surface area contributed by atoms with Crippen LogP contribution in [0.1, 0.15) is 12.5 Å². The summed E-state index contributed by atoms with van der Waals surface area (Å²) in [6, 6.07) is 1.53. The number of nitrogens with two attached hydrogens (primary N) is 1. The van der Waals surface area contributed by atoms with Gasteiger partial charge in [-0.3, -0.25) is 0 Å². The van der Waals surface area contributed by atoms with Gasteiger partial charge in [0.1, 0.15) is 6.10 Å². The van der Waals surface area contributed by atoms with Gasteiger partial charge < -0.3 is 15.2 Å². The molecule has 1 rings (SSSR count). The highest BCUT2D eigenvalue weighted by Gasteiger charge is 2.12. The van der Waals surface area contributed by atoms with E-state index in [2.05, 4.69) is 4.98 Å². The zero-order valence-electron chi connectivity index (χ0n) is 8.87. The van der Waals surface area contributed by atoms with Gasteiger partial charge in [0, 0.05) is 25.4 Å². The van der Waals surface area contributed by atoms with E-state index < -0.39 is 5.82 Å². The van der Waals surface area contributed by atoms with Crippen LogP contribution in [-0.2, 0) is 11.3 Å². The molecule has 0 bridgehead atoms. The van der Waals surface area contributed by atoms with Crippen LogP contribution in [0.4, 0.5) is 4.39 Å². The van der Waals surface area contributed by atoms with Crippen molar-refractivity contribution < 1.29 is 13.9 Å². The Morgan fingerprint density at radius 3 is 2.93 bits per heavy atom. The van der Waals surface area contributed by atoms with Crippen LogP contribution < -0.4 is 10.5 Å². The molecule has 1 aromatic rings. The van der Waals surface area contributed by atoms with E-state index in [1.807, 2.05) is 0 Å². The minimum Gasteiger partial charge on any atom is -0.470 e. The van der Waals surface area contributed by atoms with Crippen LogP contribution in [0.25, 0.3) is 0 Å². The number of halogens is 1. The number of ether oxygens (including phenoxy) is 2. The number of hydrogen-bond acceptors (Lipinski definition) is 4. The van der Waals surface area contributed by atoms with E-state index in [0.717, 1.165) is 0 Å². The van der Waals surface area contributed by atoms with Crippen LogP contribution in [-0.4, -0.2) is 24.8 Å². The summed E-state index contributed by atoms with van der Waals surface area (Å²) in [5.74, 6) is -0.523. The van der Waals surface area contributed by atoms with Gasteiger partial charge in [0.25, 0.3) is 5.88 Å². The molecule has 1 heterocycles. The third kappa shape index (κ3) is 3.14. The SMILES string of the molecule is COCC(C)Oc1nccc(CN)c1F. The molecule has 1 aromatic heterocycles. The molecule has 4 nitrogen and oxygen atoms in total. The van der Waals surface area contributed by atoms with Crippen molar-refractivity contribution in [2.24, 2.45) is 5.73 Å². The van der Waals surface area contributed by atoms with Gasteiger partial charge in [-0.05, 0) is 13.0 Å². The van der Waals surface area contributed by atoms with Gasteiger partial charge in [0.2, 0.25) is 0 Å². The Morgan fingerprint density at radius 1 is 1.60 bits per heavy atom. The zero-order valence-corrected chi connectivity index (χ0v) is 8.87. The van der Waals surface area contributed by atoms with Crippen molar-refractivity contribution in [3.63, 3.8) is 0 Å². The van der Waals surface area contributed by atoms with E-state index in [4.69, 9.17) is 15.2 Å². The third-order valence-corrected chi connectivity index (χ3v) is 1.87. The fraction of sp³-hybridized carbons (Fsp3) is 0.500. The topological polar surface area (TPSA) is 57.4 Å². The maximum absolute atomic E-state index is 13.6. The molecule has 0 spiro atoms. The van der Waals surface area contributed by atoms with E-state index in [0.29, 0.717) is 12.2 Å². The van der Waals surface area contributed by atoms with Crippen LogP contribution in [0.2, 0.25) is 0 Å². The van der Waals surface area contributed by atoms with Crippen LogP contribution in [0.15, 0.2) is 12.3 Å². The van der Waals surface area contributed by atoms with Crippen LogP contribution >= 0.6 is 0 Å². The fourth-order valence-electron chi connectivity index (χ4n) is 1.16. The Bertz CT molecular complexity index is 320. The van der Waals surface area contributed by atoms with Crippen LogP contribution in [0.3, 0.4) is 0 Å². The molecular weight excluding hydrogens is 199 g/mol. The Hall–Kier alpha value is -1.20. The van der Waals surface area contributed by atoms with Crippen molar-refractivity contribution in [3.05, 3.63) is 23.6 Å². The summed E-state index contributed by atoms with van der Waals surface area (Å²) in [7, 11) is 1.56. The molecule has 1 unspecified atom stereocenters. The second-order valence-electron chi connectivity index (χ2n) is 3.18. The largest absolute Gasteiger partial charge is 0.470 e. The normalized spacial score (nSPS) is 12.5. The summed E-state index contributed by atoms with van der Waals surface area (Å²) in [5.41, 5.74) is 5.75. The highest BCUT2D eigenvalue weighted by molar-refractivity contribution is 5.23. The molecule has 0 aliphatic carbocycles. The molecule has 84 valence electrons. The third-order valence-electron chi connectivity index (χ3n) is 1.87. The van der Waals surface area contributed by atoms with Crippen molar-refractivity contribution in [1.82, 2.24) is 4.98 Å². The number of pyridine rings is 1. The van der Waals surface area contributed by atoms with Gasteiger partial charge in [-0.2, -0.15) is 0 Å². The predicted molar refractivity (Wildman–Crippen MR) is 54.1 cm³/mol. The maximum Gasteiger partial charge on any atom is 0.251 e. The summed E-state index contributed by atoms with van der Waals surface area (Å²) in [6.45, 7) is 2.29. The Labute approximate surface area is 88.2 Å². The lowest BCUT2D eigenvalue weighted by Crippen LogP contribution is -2.19. The first-order chi connectivity index (χ1) is 7.19. The molecule has 1 atom stereocenters. The van der Waals surface area contributed by atoms with Crippen molar-refractivity contribution in [2.75, 3.05) is 13.7 Å². The van der Waals surface area contributed by atoms with E-state index in [1.165, 1.54) is 12.3 Å². The monoisotopic (exact) mass is 214 g/mol. The van der Waals surface area contributed by atoms with E-state index in [-0.39, 0.29) is 18.5 Å². The van der Waals surface area contributed by atoms with Crippen LogP contribution in [0, 0.1) is 5.82 Å². The first kappa shape index (κ1) is 11.9. The lowest BCUT2D eigenvalue weighted by molar-refractivity contribution is 0.0857. The number of nitrogens with zero attached hydrogens (tertiary/aromatic N) is 1.